The lowest BCUT2D eigenvalue weighted by Crippen LogP contribution is -2.64. The van der Waals surface area contributed by atoms with Crippen molar-refractivity contribution in [2.24, 2.45) is 0 Å². The molecule has 0 aromatic rings. The van der Waals surface area contributed by atoms with Crippen molar-refractivity contribution in [3.63, 3.8) is 0 Å². The molecule has 37 nitrogen and oxygen atoms in total. The zero-order valence-corrected chi connectivity index (χ0v) is 43.0. The summed E-state index contributed by atoms with van der Waals surface area (Å²) in [4.78, 5) is 0. The largest absolute Gasteiger partial charge is 0.394 e. The fraction of sp³-hybridized carbons (Fsp3) is 1.00. The van der Waals surface area contributed by atoms with Gasteiger partial charge >= 0.3 is 0 Å². The summed E-state index contributed by atoms with van der Waals surface area (Å²) in [5.41, 5.74) is 0. The van der Waals surface area contributed by atoms with Crippen molar-refractivity contribution in [1.29, 1.82) is 0 Å². The van der Waals surface area contributed by atoms with E-state index in [0.717, 1.165) is 0 Å². The molecule has 9 saturated heterocycles. The van der Waals surface area contributed by atoms with Gasteiger partial charge in [-0.15, -0.1) is 0 Å². The second-order valence-corrected chi connectivity index (χ2v) is 21.1. The van der Waals surface area contributed by atoms with Crippen LogP contribution in [0.1, 0.15) is 0 Å². The van der Waals surface area contributed by atoms with Crippen molar-refractivity contribution in [1.82, 2.24) is 0 Å². The van der Waals surface area contributed by atoms with E-state index in [-0.39, 0.29) is 0 Å². The van der Waals surface area contributed by atoms with E-state index >= 15 is 0 Å². The molecule has 0 aromatic carbocycles. The van der Waals surface area contributed by atoms with Gasteiger partial charge in [-0.2, -0.15) is 0 Å². The monoisotopic (exact) mass is 1210 g/mol. The van der Waals surface area contributed by atoms with Gasteiger partial charge in [-0.1, -0.05) is 0 Å². The lowest BCUT2D eigenvalue weighted by atomic mass is 10.0. The summed E-state index contributed by atoms with van der Waals surface area (Å²) in [6.07, 6.45) is -61.2. The number of aliphatic hydroxyl groups excluding tert-OH is 20. The minimum atomic E-state index is -2.02. The van der Waals surface area contributed by atoms with Gasteiger partial charge in [-0.05, 0) is 0 Å². The highest BCUT2D eigenvalue weighted by atomic mass is 16.8. The van der Waals surface area contributed by atoms with Crippen molar-refractivity contribution in [2.75, 3.05) is 59.5 Å². The molecule has 9 heterocycles. The minimum Gasteiger partial charge on any atom is -0.394 e. The maximum absolute atomic E-state index is 11.7. The molecule has 36 unspecified atom stereocenters. The SMILES string of the molecule is OCC1OC(OC2C(OC3OCC(O)C(O)C3O)COC(OC3COC(OC4COC(OC5COC(OC6COC(OC7COC(O)C(O)C7O)C(O)C6O)C(O)C5OC5OC(CO)C(O)C5O)C(O)C4O)C(O)C3O)C2O)C(O)C1O. The van der Waals surface area contributed by atoms with Crippen LogP contribution in [0.5, 0.6) is 0 Å². The molecule has 0 aliphatic carbocycles. The van der Waals surface area contributed by atoms with Crippen LogP contribution in [0.25, 0.3) is 0 Å². The lowest BCUT2D eigenvalue weighted by Gasteiger charge is -2.46. The molecule has 0 aromatic heterocycles. The van der Waals surface area contributed by atoms with Crippen LogP contribution in [0.2, 0.25) is 0 Å². The first-order valence-electron chi connectivity index (χ1n) is 26.3. The van der Waals surface area contributed by atoms with Gasteiger partial charge in [0.15, 0.2) is 56.6 Å². The Morgan fingerprint density at radius 3 is 0.854 bits per heavy atom. The normalized spacial score (nSPS) is 54.3. The van der Waals surface area contributed by atoms with Crippen molar-refractivity contribution in [3.8, 4) is 0 Å². The molecule has 9 fully saturated rings. The highest BCUT2D eigenvalue weighted by Gasteiger charge is 2.56. The van der Waals surface area contributed by atoms with Crippen LogP contribution in [0.3, 0.4) is 0 Å². The van der Waals surface area contributed by atoms with E-state index in [4.69, 9.17) is 80.5 Å². The van der Waals surface area contributed by atoms with Crippen molar-refractivity contribution >= 4 is 0 Å². The van der Waals surface area contributed by atoms with Crippen LogP contribution < -0.4 is 0 Å². The number of rotatable bonds is 18. The van der Waals surface area contributed by atoms with Gasteiger partial charge in [0.05, 0.1) is 59.5 Å². The maximum atomic E-state index is 11.7. The van der Waals surface area contributed by atoms with Crippen LogP contribution in [0, 0.1) is 0 Å². The van der Waals surface area contributed by atoms with Gasteiger partial charge < -0.3 is 183 Å². The average Bonchev–Trinajstić information content (AvgIpc) is 3.98. The van der Waals surface area contributed by atoms with E-state index in [0.29, 0.717) is 0 Å². The summed E-state index contributed by atoms with van der Waals surface area (Å²) >= 11 is 0. The Morgan fingerprint density at radius 1 is 0.244 bits per heavy atom. The zero-order chi connectivity index (χ0) is 59.2. The molecule has 0 radical (unpaired) electrons. The standard InChI is InChI=1S/C45H74O37/c46-1-11-20(50)31(61)44(73-11)81-35-17(79-38-27(57)19(49)10(48)3-67-38)8-71-42(33(35)63)78-16-7-69-40(29(59)25(16)55)76-14-5-70-41(30(60)23(14)53)80-18-9-72-43(34(64)36(18)82-45-32(62)21(51)12(2-47)74-45)77-15-6-68-39(28(58)24(15)54)75-13-4-66-37(65)26(56)22(13)52/h10-65H,1-9H2. The summed E-state index contributed by atoms with van der Waals surface area (Å²) in [7, 11) is 0. The molecular formula is C45H74O37. The third kappa shape index (κ3) is 13.7. The van der Waals surface area contributed by atoms with Gasteiger partial charge in [-0.3, -0.25) is 0 Å². The molecule has 9 rings (SSSR count). The van der Waals surface area contributed by atoms with Crippen LogP contribution in [-0.4, -0.2) is 383 Å². The van der Waals surface area contributed by atoms with Gasteiger partial charge in [0.25, 0.3) is 0 Å². The predicted octanol–water partition coefficient (Wildman–Crippen LogP) is -14.9. The van der Waals surface area contributed by atoms with Gasteiger partial charge in [-0.25, -0.2) is 0 Å². The van der Waals surface area contributed by atoms with Gasteiger partial charge in [0, 0.05) is 0 Å². The first kappa shape index (κ1) is 65.0. The topological polar surface area (TPSA) is 562 Å². The Labute approximate surface area is 463 Å². The van der Waals surface area contributed by atoms with E-state index in [1.807, 2.05) is 0 Å². The summed E-state index contributed by atoms with van der Waals surface area (Å²) in [6, 6.07) is 0. The van der Waals surface area contributed by atoms with Crippen molar-refractivity contribution in [3.05, 3.63) is 0 Å². The summed E-state index contributed by atoms with van der Waals surface area (Å²) in [6.45, 7) is -5.37. The Bertz CT molecular complexity index is 1980. The van der Waals surface area contributed by atoms with Crippen molar-refractivity contribution in [2.45, 2.75) is 221 Å². The molecule has 37 heteroatoms. The van der Waals surface area contributed by atoms with Crippen molar-refractivity contribution < 1.29 is 183 Å². The Morgan fingerprint density at radius 2 is 0.512 bits per heavy atom. The Kier molecular flexibility index (Phi) is 22.1. The van der Waals surface area contributed by atoms with E-state index in [1.165, 1.54) is 0 Å². The Balaban J connectivity index is 0.792. The van der Waals surface area contributed by atoms with Crippen LogP contribution >= 0.6 is 0 Å². The summed E-state index contributed by atoms with van der Waals surface area (Å²) in [5, 5.41) is 212. The molecule has 9 aliphatic rings. The average molecular weight is 1210 g/mol. The highest BCUT2D eigenvalue weighted by molar-refractivity contribution is 4.97. The number of aliphatic hydroxyl groups is 20. The molecule has 0 spiro atoms. The Hall–Kier alpha value is -1.48. The number of hydrogen-bond donors (Lipinski definition) is 20. The predicted molar refractivity (Wildman–Crippen MR) is 243 cm³/mol. The molecule has 20 N–H and O–H groups in total. The smallest absolute Gasteiger partial charge is 0.187 e. The molecular weight excluding hydrogens is 1130 g/mol. The highest BCUT2D eigenvalue weighted by Crippen LogP contribution is 2.36. The molecule has 82 heavy (non-hydrogen) atoms. The first-order chi connectivity index (χ1) is 39.0. The molecule has 9 aliphatic heterocycles. The molecule has 0 amide bonds. The van der Waals surface area contributed by atoms with Gasteiger partial charge in [0.1, 0.15) is 165 Å². The van der Waals surface area contributed by atoms with Gasteiger partial charge in [0.2, 0.25) is 0 Å². The lowest BCUT2D eigenvalue weighted by molar-refractivity contribution is -0.376. The summed E-state index contributed by atoms with van der Waals surface area (Å²) in [5.74, 6) is 0. The van der Waals surface area contributed by atoms with Crippen LogP contribution in [0.4, 0.5) is 0 Å². The summed E-state index contributed by atoms with van der Waals surface area (Å²) < 4.78 is 95.6. The fourth-order valence-electron chi connectivity index (χ4n) is 10.4. The molecule has 476 valence electrons. The van der Waals surface area contributed by atoms with E-state index < -0.39 is 281 Å². The number of ether oxygens (including phenoxy) is 17. The molecule has 0 saturated carbocycles. The maximum Gasteiger partial charge on any atom is 0.187 e. The van der Waals surface area contributed by atoms with Crippen LogP contribution in [-0.2, 0) is 80.5 Å². The third-order valence-electron chi connectivity index (χ3n) is 15.5. The number of hydrogen-bond acceptors (Lipinski definition) is 37. The van der Waals surface area contributed by atoms with E-state index in [1.54, 1.807) is 0 Å². The second kappa shape index (κ2) is 27.9. The fourth-order valence-corrected chi connectivity index (χ4v) is 10.4. The second-order valence-electron chi connectivity index (χ2n) is 21.1. The van der Waals surface area contributed by atoms with Crippen LogP contribution in [0.15, 0.2) is 0 Å². The third-order valence-corrected chi connectivity index (χ3v) is 15.5. The minimum absolute atomic E-state index is 0.432. The van der Waals surface area contributed by atoms with E-state index in [9.17, 15) is 102 Å². The molecule has 0 bridgehead atoms. The molecule has 36 atom stereocenters. The first-order valence-corrected chi connectivity index (χ1v) is 26.3. The quantitative estimate of drug-likeness (QED) is 0.0606. The van der Waals surface area contributed by atoms with E-state index in [2.05, 4.69) is 0 Å². The zero-order valence-electron chi connectivity index (χ0n) is 43.0.